The fourth-order valence-corrected chi connectivity index (χ4v) is 2.00. The third-order valence-electron chi connectivity index (χ3n) is 3.25. The number of nitrogens with one attached hydrogen (secondary N) is 1. The van der Waals surface area contributed by atoms with Gasteiger partial charge < -0.3 is 10.1 Å². The highest BCUT2D eigenvalue weighted by molar-refractivity contribution is 6.31. The number of carbonyl (C=O) groups excluding carboxylic acids is 2. The number of ether oxygens (including phenoxy) is 1. The number of hydrogen-bond donors (Lipinski definition) is 1. The van der Waals surface area contributed by atoms with Crippen molar-refractivity contribution in [2.24, 2.45) is 0 Å². The van der Waals surface area contributed by atoms with E-state index in [4.69, 9.17) is 16.3 Å². The van der Waals surface area contributed by atoms with Crippen molar-refractivity contribution in [2.45, 2.75) is 20.0 Å². The summed E-state index contributed by atoms with van der Waals surface area (Å²) in [5.74, 6) is -2.61. The van der Waals surface area contributed by atoms with E-state index in [0.717, 1.165) is 12.1 Å². The molecule has 126 valence electrons. The zero-order valence-electron chi connectivity index (χ0n) is 12.9. The molecule has 0 saturated heterocycles. The minimum absolute atomic E-state index is 0.00239. The Morgan fingerprint density at radius 3 is 2.46 bits per heavy atom. The fraction of sp³-hybridized carbons (Fsp3) is 0.176. The first-order valence-corrected chi connectivity index (χ1v) is 7.39. The first kappa shape index (κ1) is 17.9. The number of rotatable bonds is 4. The van der Waals surface area contributed by atoms with Crippen molar-refractivity contribution >= 4 is 29.2 Å². The average Bonchev–Trinajstić information content (AvgIpc) is 2.53. The number of halogens is 3. The van der Waals surface area contributed by atoms with Crippen LogP contribution < -0.4 is 5.32 Å². The minimum atomic E-state index is -1.13. The smallest absolute Gasteiger partial charge is 0.339 e. The van der Waals surface area contributed by atoms with Gasteiger partial charge in [0.2, 0.25) is 0 Å². The highest BCUT2D eigenvalue weighted by atomic mass is 35.5. The van der Waals surface area contributed by atoms with Gasteiger partial charge in [-0.1, -0.05) is 17.7 Å². The van der Waals surface area contributed by atoms with Crippen LogP contribution in [0.1, 0.15) is 22.8 Å². The molecule has 2 rings (SSSR count). The summed E-state index contributed by atoms with van der Waals surface area (Å²) in [5.41, 5.74) is 0.656. The van der Waals surface area contributed by atoms with Gasteiger partial charge >= 0.3 is 5.97 Å². The molecule has 1 N–H and O–H groups in total. The largest absolute Gasteiger partial charge is 0.449 e. The minimum Gasteiger partial charge on any atom is -0.449 e. The van der Waals surface area contributed by atoms with E-state index in [1.807, 2.05) is 0 Å². The van der Waals surface area contributed by atoms with E-state index in [9.17, 15) is 18.4 Å². The van der Waals surface area contributed by atoms with Crippen molar-refractivity contribution < 1.29 is 23.1 Å². The molecule has 0 radical (unpaired) electrons. The molecular weight excluding hydrogens is 340 g/mol. The van der Waals surface area contributed by atoms with Crippen LogP contribution in [-0.4, -0.2) is 18.0 Å². The molecule has 2 aromatic carbocycles. The molecule has 24 heavy (non-hydrogen) atoms. The second kappa shape index (κ2) is 7.40. The summed E-state index contributed by atoms with van der Waals surface area (Å²) < 4.78 is 31.5. The molecule has 0 aromatic heterocycles. The zero-order valence-corrected chi connectivity index (χ0v) is 13.7. The van der Waals surface area contributed by atoms with Gasteiger partial charge in [0.05, 0.1) is 10.6 Å². The van der Waals surface area contributed by atoms with Crippen molar-refractivity contribution in [1.29, 1.82) is 0 Å². The Kier molecular flexibility index (Phi) is 5.51. The standard InChI is InChI=1S/C17H14ClF2NO3/c1-9-3-4-11(7-15(9)20)17(23)24-10(2)16(22)21-12-5-6-14(19)13(18)8-12/h3-8,10H,1-2H3,(H,21,22)/t10-/m1/s1. The second-order valence-corrected chi connectivity index (χ2v) is 5.54. The lowest BCUT2D eigenvalue weighted by Crippen LogP contribution is -2.30. The maximum absolute atomic E-state index is 13.5. The molecule has 1 amide bonds. The highest BCUT2D eigenvalue weighted by Gasteiger charge is 2.20. The monoisotopic (exact) mass is 353 g/mol. The summed E-state index contributed by atoms with van der Waals surface area (Å²) in [6.07, 6.45) is -1.13. The molecule has 1 atom stereocenters. The number of carbonyl (C=O) groups is 2. The van der Waals surface area contributed by atoms with E-state index in [1.165, 1.54) is 31.2 Å². The van der Waals surface area contributed by atoms with Gasteiger partial charge in [0.1, 0.15) is 11.6 Å². The Bertz CT molecular complexity index is 795. The Balaban J connectivity index is 2.01. The summed E-state index contributed by atoms with van der Waals surface area (Å²) in [5, 5.41) is 2.30. The van der Waals surface area contributed by atoms with Crippen LogP contribution in [0, 0.1) is 18.6 Å². The van der Waals surface area contributed by atoms with E-state index in [1.54, 1.807) is 6.92 Å². The number of hydrogen-bond acceptors (Lipinski definition) is 3. The lowest BCUT2D eigenvalue weighted by atomic mass is 10.1. The van der Waals surface area contributed by atoms with E-state index in [2.05, 4.69) is 5.32 Å². The van der Waals surface area contributed by atoms with Gasteiger partial charge in [-0.25, -0.2) is 13.6 Å². The third-order valence-corrected chi connectivity index (χ3v) is 3.54. The van der Waals surface area contributed by atoms with E-state index < -0.39 is 29.6 Å². The van der Waals surface area contributed by atoms with Gasteiger partial charge in [0, 0.05) is 5.69 Å². The molecule has 0 aliphatic carbocycles. The molecule has 0 saturated carbocycles. The highest BCUT2D eigenvalue weighted by Crippen LogP contribution is 2.19. The van der Waals surface area contributed by atoms with Gasteiger partial charge in [-0.15, -0.1) is 0 Å². The van der Waals surface area contributed by atoms with Crippen molar-refractivity contribution in [3.8, 4) is 0 Å². The molecule has 7 heteroatoms. The molecule has 0 aliphatic heterocycles. The average molecular weight is 354 g/mol. The van der Waals surface area contributed by atoms with E-state index in [-0.39, 0.29) is 16.3 Å². The van der Waals surface area contributed by atoms with Gasteiger partial charge in [-0.05, 0) is 49.7 Å². The van der Waals surface area contributed by atoms with Crippen molar-refractivity contribution in [3.63, 3.8) is 0 Å². The topological polar surface area (TPSA) is 55.4 Å². The summed E-state index contributed by atoms with van der Waals surface area (Å²) >= 11 is 5.62. The maximum atomic E-state index is 13.5. The Morgan fingerprint density at radius 2 is 1.83 bits per heavy atom. The molecule has 4 nitrogen and oxygen atoms in total. The SMILES string of the molecule is Cc1ccc(C(=O)O[C@H](C)C(=O)Nc2ccc(F)c(Cl)c2)cc1F. The summed E-state index contributed by atoms with van der Waals surface area (Å²) in [6, 6.07) is 7.55. The Morgan fingerprint density at radius 1 is 1.12 bits per heavy atom. The van der Waals surface area contributed by atoms with Gasteiger partial charge in [-0.2, -0.15) is 0 Å². The molecule has 0 heterocycles. The number of benzene rings is 2. The Hall–Kier alpha value is -2.47. The lowest BCUT2D eigenvalue weighted by Gasteiger charge is -2.14. The predicted octanol–water partition coefficient (Wildman–Crippen LogP) is 4.11. The molecule has 0 spiro atoms. The van der Waals surface area contributed by atoms with Gasteiger partial charge in [-0.3, -0.25) is 4.79 Å². The number of anilines is 1. The van der Waals surface area contributed by atoms with E-state index in [0.29, 0.717) is 5.56 Å². The molecule has 0 aliphatic rings. The van der Waals surface area contributed by atoms with Crippen molar-refractivity contribution in [1.82, 2.24) is 0 Å². The molecule has 0 bridgehead atoms. The predicted molar refractivity (Wildman–Crippen MR) is 86.1 cm³/mol. The van der Waals surface area contributed by atoms with Crippen LogP contribution in [0.2, 0.25) is 5.02 Å². The fourth-order valence-electron chi connectivity index (χ4n) is 1.82. The van der Waals surface area contributed by atoms with Crippen LogP contribution in [0.5, 0.6) is 0 Å². The maximum Gasteiger partial charge on any atom is 0.339 e. The quantitative estimate of drug-likeness (QED) is 0.841. The first-order chi connectivity index (χ1) is 11.3. The first-order valence-electron chi connectivity index (χ1n) is 7.01. The van der Waals surface area contributed by atoms with Crippen LogP contribution in [0.3, 0.4) is 0 Å². The van der Waals surface area contributed by atoms with Crippen molar-refractivity contribution in [2.75, 3.05) is 5.32 Å². The summed E-state index contributed by atoms with van der Waals surface area (Å²) in [4.78, 5) is 23.9. The molecule has 2 aromatic rings. The van der Waals surface area contributed by atoms with Crippen LogP contribution in [0.25, 0.3) is 0 Å². The van der Waals surface area contributed by atoms with Crippen LogP contribution in [-0.2, 0) is 9.53 Å². The zero-order chi connectivity index (χ0) is 17.9. The number of amides is 1. The normalized spacial score (nSPS) is 11.7. The summed E-state index contributed by atoms with van der Waals surface area (Å²) in [6.45, 7) is 2.93. The van der Waals surface area contributed by atoms with Gasteiger partial charge in [0.15, 0.2) is 6.10 Å². The number of esters is 1. The van der Waals surface area contributed by atoms with Crippen LogP contribution >= 0.6 is 11.6 Å². The lowest BCUT2D eigenvalue weighted by molar-refractivity contribution is -0.123. The van der Waals surface area contributed by atoms with Crippen molar-refractivity contribution in [3.05, 3.63) is 64.2 Å². The third kappa shape index (κ3) is 4.29. The Labute approximate surface area is 142 Å². The van der Waals surface area contributed by atoms with Crippen LogP contribution in [0.15, 0.2) is 36.4 Å². The van der Waals surface area contributed by atoms with Crippen LogP contribution in [0.4, 0.5) is 14.5 Å². The molecular formula is C17H14ClF2NO3. The van der Waals surface area contributed by atoms with Gasteiger partial charge in [0.25, 0.3) is 5.91 Å². The second-order valence-electron chi connectivity index (χ2n) is 5.13. The number of aryl methyl sites for hydroxylation is 1. The summed E-state index contributed by atoms with van der Waals surface area (Å²) in [7, 11) is 0. The van der Waals surface area contributed by atoms with E-state index >= 15 is 0 Å². The molecule has 0 fully saturated rings. The molecule has 0 unspecified atom stereocenters.